The zero-order valence-corrected chi connectivity index (χ0v) is 21.2. The van der Waals surface area contributed by atoms with E-state index in [1.54, 1.807) is 16.4 Å². The van der Waals surface area contributed by atoms with E-state index in [1.165, 1.54) is 0 Å². The van der Waals surface area contributed by atoms with Gasteiger partial charge in [-0.05, 0) is 57.2 Å². The van der Waals surface area contributed by atoms with Crippen LogP contribution in [0, 0.1) is 18.8 Å². The minimum absolute atomic E-state index is 0.00223. The Hall–Kier alpha value is -2.22. The molecule has 6 nitrogen and oxygen atoms in total. The van der Waals surface area contributed by atoms with Crippen LogP contribution in [-0.2, 0) is 19.6 Å². The fourth-order valence-electron chi connectivity index (χ4n) is 5.87. The van der Waals surface area contributed by atoms with Gasteiger partial charge in [-0.2, -0.15) is 4.31 Å². The average Bonchev–Trinajstić information content (AvgIpc) is 3.29. The zero-order chi connectivity index (χ0) is 24.1. The Morgan fingerprint density at radius 3 is 2.41 bits per heavy atom. The van der Waals surface area contributed by atoms with E-state index in [0.717, 1.165) is 36.1 Å². The Bertz CT molecular complexity index is 1160. The molecular formula is C27H34N2O4S. The maximum absolute atomic E-state index is 14.1. The smallest absolute Gasteiger partial charge is 0.245 e. The Labute approximate surface area is 203 Å². The summed E-state index contributed by atoms with van der Waals surface area (Å²) in [7, 11) is -3.84. The second kappa shape index (κ2) is 8.77. The monoisotopic (exact) mass is 482 g/mol. The summed E-state index contributed by atoms with van der Waals surface area (Å²) >= 11 is 0. The van der Waals surface area contributed by atoms with Gasteiger partial charge in [0.15, 0.2) is 12.3 Å². The molecule has 0 radical (unpaired) electrons. The van der Waals surface area contributed by atoms with Crippen molar-refractivity contribution >= 4 is 15.7 Å². The van der Waals surface area contributed by atoms with Crippen LogP contribution in [0.1, 0.15) is 57.6 Å². The highest BCUT2D eigenvalue weighted by Gasteiger charge is 2.58. The van der Waals surface area contributed by atoms with Crippen molar-refractivity contribution in [3.05, 3.63) is 65.7 Å². The van der Waals surface area contributed by atoms with Crippen molar-refractivity contribution in [1.29, 1.82) is 0 Å². The van der Waals surface area contributed by atoms with Gasteiger partial charge in [-0.25, -0.2) is 8.42 Å². The maximum Gasteiger partial charge on any atom is 0.245 e. The van der Waals surface area contributed by atoms with Crippen LogP contribution in [0.5, 0.6) is 0 Å². The molecule has 1 saturated carbocycles. The molecule has 0 N–H and O–H groups in total. The molecule has 7 heteroatoms. The number of fused-ring (bicyclic) bond motifs is 1. The Morgan fingerprint density at radius 1 is 1.00 bits per heavy atom. The molecule has 182 valence electrons. The second-order valence-electron chi connectivity index (χ2n) is 10.6. The molecule has 0 amide bonds. The summed E-state index contributed by atoms with van der Waals surface area (Å²) in [4.78, 5) is 6.18. The van der Waals surface area contributed by atoms with Crippen LogP contribution in [0.3, 0.4) is 0 Å². The zero-order valence-electron chi connectivity index (χ0n) is 20.3. The minimum atomic E-state index is -3.84. The predicted molar refractivity (Wildman–Crippen MR) is 132 cm³/mol. The number of sulfonamides is 1. The normalized spacial score (nSPS) is 31.4. The summed E-state index contributed by atoms with van der Waals surface area (Å²) in [6.07, 6.45) is 2.20. The SMILES string of the molecule is Cc1ccc(S(=O)(=O)N2[C@H]([C@H]3CC(c4ccccc4)=NO3)O[C@H]3C[C@H](C)CC[C@@H]3C2(C)C)cc1. The fraction of sp³-hybridized carbons (Fsp3) is 0.519. The molecule has 2 heterocycles. The van der Waals surface area contributed by atoms with Gasteiger partial charge in [0, 0.05) is 17.9 Å². The van der Waals surface area contributed by atoms with Crippen molar-refractivity contribution in [1.82, 2.24) is 4.31 Å². The van der Waals surface area contributed by atoms with Crippen LogP contribution in [0.4, 0.5) is 0 Å². The summed E-state index contributed by atoms with van der Waals surface area (Å²) in [5.41, 5.74) is 2.19. The topological polar surface area (TPSA) is 68.2 Å². The molecule has 0 aromatic heterocycles. The van der Waals surface area contributed by atoms with E-state index in [1.807, 2.05) is 49.4 Å². The van der Waals surface area contributed by atoms with E-state index >= 15 is 0 Å². The van der Waals surface area contributed by atoms with E-state index in [9.17, 15) is 8.42 Å². The Morgan fingerprint density at radius 2 is 1.71 bits per heavy atom. The summed E-state index contributed by atoms with van der Waals surface area (Å²) in [5.74, 6) is 0.676. The van der Waals surface area contributed by atoms with Crippen LogP contribution in [-0.4, -0.2) is 42.4 Å². The maximum atomic E-state index is 14.1. The van der Waals surface area contributed by atoms with Gasteiger partial charge in [0.2, 0.25) is 10.0 Å². The lowest BCUT2D eigenvalue weighted by Crippen LogP contribution is -2.68. The molecule has 1 aliphatic carbocycles. The predicted octanol–water partition coefficient (Wildman–Crippen LogP) is 5.12. The van der Waals surface area contributed by atoms with Gasteiger partial charge in [0.05, 0.1) is 16.7 Å². The molecule has 5 rings (SSSR count). The van der Waals surface area contributed by atoms with Gasteiger partial charge in [-0.1, -0.05) is 66.5 Å². The van der Waals surface area contributed by atoms with Crippen molar-refractivity contribution in [2.24, 2.45) is 17.0 Å². The number of aryl methyl sites for hydroxylation is 1. The van der Waals surface area contributed by atoms with E-state index in [0.29, 0.717) is 12.3 Å². The van der Waals surface area contributed by atoms with E-state index < -0.39 is 27.9 Å². The molecule has 5 atom stereocenters. The fourth-order valence-corrected chi connectivity index (χ4v) is 7.79. The minimum Gasteiger partial charge on any atom is -0.388 e. The number of oxime groups is 1. The number of rotatable bonds is 4. The second-order valence-corrected chi connectivity index (χ2v) is 12.4. The Kier molecular flexibility index (Phi) is 6.07. The molecule has 2 aromatic carbocycles. The number of nitrogens with zero attached hydrogens (tertiary/aromatic N) is 2. The van der Waals surface area contributed by atoms with Crippen molar-refractivity contribution in [2.45, 2.75) is 82.2 Å². The lowest BCUT2D eigenvalue weighted by atomic mass is 9.70. The number of ether oxygens (including phenoxy) is 1. The molecule has 34 heavy (non-hydrogen) atoms. The van der Waals surface area contributed by atoms with E-state index in [4.69, 9.17) is 9.57 Å². The van der Waals surface area contributed by atoms with Crippen molar-refractivity contribution in [3.8, 4) is 0 Å². The summed E-state index contributed by atoms with van der Waals surface area (Å²) in [6, 6.07) is 16.9. The van der Waals surface area contributed by atoms with Crippen LogP contribution < -0.4 is 0 Å². The number of benzene rings is 2. The van der Waals surface area contributed by atoms with Gasteiger partial charge in [0.25, 0.3) is 0 Å². The molecule has 2 aromatic rings. The van der Waals surface area contributed by atoms with E-state index in [-0.39, 0.29) is 16.9 Å². The third kappa shape index (κ3) is 4.08. The first-order valence-corrected chi connectivity index (χ1v) is 13.7. The first-order valence-electron chi connectivity index (χ1n) is 12.2. The van der Waals surface area contributed by atoms with Gasteiger partial charge in [-0.15, -0.1) is 0 Å². The van der Waals surface area contributed by atoms with Gasteiger partial charge in [0.1, 0.15) is 0 Å². The summed E-state index contributed by atoms with van der Waals surface area (Å²) in [6.45, 7) is 8.31. The van der Waals surface area contributed by atoms with Crippen LogP contribution in [0.15, 0.2) is 64.6 Å². The highest BCUT2D eigenvalue weighted by Crippen LogP contribution is 2.48. The molecule has 0 bridgehead atoms. The molecule has 2 aliphatic heterocycles. The highest BCUT2D eigenvalue weighted by atomic mass is 32.2. The lowest BCUT2D eigenvalue weighted by Gasteiger charge is -2.56. The number of hydrogen-bond acceptors (Lipinski definition) is 5. The van der Waals surface area contributed by atoms with Crippen LogP contribution >= 0.6 is 0 Å². The molecule has 3 aliphatic rings. The van der Waals surface area contributed by atoms with Crippen molar-refractivity contribution in [3.63, 3.8) is 0 Å². The van der Waals surface area contributed by atoms with Crippen molar-refractivity contribution < 1.29 is 18.0 Å². The summed E-state index contributed by atoms with van der Waals surface area (Å²) in [5, 5.41) is 4.35. The first kappa shape index (κ1) is 23.5. The molecular weight excluding hydrogens is 448 g/mol. The third-order valence-electron chi connectivity index (χ3n) is 7.77. The molecule has 1 saturated heterocycles. The Balaban J connectivity index is 1.52. The standard InChI is InChI=1S/C27H34N2O4S/c1-18-10-13-21(14-11-18)34(30,31)29-26(25-17-23(28-33-25)20-8-6-5-7-9-20)32-24-16-19(2)12-15-22(24)27(29,3)4/h5-11,13-14,19,22,24-26H,12,15-17H2,1-4H3/t19-,22+,24+,25-,26+/m1/s1. The van der Waals surface area contributed by atoms with Gasteiger partial charge >= 0.3 is 0 Å². The van der Waals surface area contributed by atoms with Crippen LogP contribution in [0.25, 0.3) is 0 Å². The highest BCUT2D eigenvalue weighted by molar-refractivity contribution is 7.89. The van der Waals surface area contributed by atoms with Crippen LogP contribution in [0.2, 0.25) is 0 Å². The largest absolute Gasteiger partial charge is 0.388 e. The summed E-state index contributed by atoms with van der Waals surface area (Å²) < 4.78 is 36.5. The molecule has 2 fully saturated rings. The quantitative estimate of drug-likeness (QED) is 0.607. The molecule has 0 unspecified atom stereocenters. The molecule has 0 spiro atoms. The lowest BCUT2D eigenvalue weighted by molar-refractivity contribution is -0.233. The van der Waals surface area contributed by atoms with Gasteiger partial charge < -0.3 is 9.57 Å². The first-order chi connectivity index (χ1) is 16.2. The van der Waals surface area contributed by atoms with E-state index in [2.05, 4.69) is 25.9 Å². The third-order valence-corrected chi connectivity index (χ3v) is 9.83. The number of hydrogen-bond donors (Lipinski definition) is 0. The van der Waals surface area contributed by atoms with Crippen molar-refractivity contribution in [2.75, 3.05) is 0 Å². The van der Waals surface area contributed by atoms with Gasteiger partial charge in [-0.3, -0.25) is 0 Å². The average molecular weight is 483 g/mol.